The minimum Gasteiger partial charge on any atom is -0.873 e. The number of rotatable bonds is 2. The van der Waals surface area contributed by atoms with E-state index >= 15 is 0 Å². The molecule has 10 heteroatoms. The minimum atomic E-state index is -2.84. The molecule has 0 spiro atoms. The predicted octanol–water partition coefficient (Wildman–Crippen LogP) is -2.29. The quantitative estimate of drug-likeness (QED) is 0.440. The van der Waals surface area contributed by atoms with E-state index in [2.05, 4.69) is 0 Å². The molecule has 1 fully saturated rings. The van der Waals surface area contributed by atoms with E-state index in [9.17, 15) is 39.9 Å². The number of carbonyl (C=O) groups is 3. The van der Waals surface area contributed by atoms with Gasteiger partial charge in [0.2, 0.25) is 0 Å². The number of carbonyl (C=O) groups excluding carboxylic acids is 3. The maximum Gasteiger partial charge on any atom is 0.251 e. The van der Waals surface area contributed by atoms with E-state index in [0.717, 1.165) is 12.1 Å². The van der Waals surface area contributed by atoms with Crippen LogP contribution in [0.4, 0.5) is 0 Å². The average molecular weight is 427 g/mol. The Balaban J connectivity index is 1.99. The summed E-state index contributed by atoms with van der Waals surface area (Å²) in [6.45, 7) is 0. The van der Waals surface area contributed by atoms with Crippen LogP contribution in [0.25, 0.3) is 5.76 Å². The molecule has 1 saturated carbocycles. The fourth-order valence-corrected chi connectivity index (χ4v) is 5.17. The number of aromatic hydroxyl groups is 1. The maximum atomic E-state index is 13.4. The van der Waals surface area contributed by atoms with Crippen LogP contribution in [0.3, 0.4) is 0 Å². The Labute approximate surface area is 176 Å². The summed E-state index contributed by atoms with van der Waals surface area (Å²) in [5, 5.41) is 59.8. The van der Waals surface area contributed by atoms with Crippen molar-refractivity contribution >= 4 is 23.2 Å². The van der Waals surface area contributed by atoms with Gasteiger partial charge in [0.15, 0.2) is 17.3 Å². The molecule has 0 aromatic heterocycles. The van der Waals surface area contributed by atoms with Crippen molar-refractivity contribution in [1.29, 1.82) is 0 Å². The molecule has 163 valence electrons. The van der Waals surface area contributed by atoms with Gasteiger partial charge in [-0.05, 0) is 50.6 Å². The summed E-state index contributed by atoms with van der Waals surface area (Å²) < 4.78 is 0. The fraction of sp³-hybridized carbons (Fsp3) is 0.381. The summed E-state index contributed by atoms with van der Waals surface area (Å²) in [7, 11) is 2.96. The molecule has 31 heavy (non-hydrogen) atoms. The Morgan fingerprint density at radius 3 is 2.48 bits per heavy atom. The molecule has 0 aliphatic heterocycles. The number of phenols is 1. The molecule has 3 aliphatic carbocycles. The lowest BCUT2D eigenvalue weighted by Gasteiger charge is -2.54. The number of nitrogens with zero attached hydrogens (tertiary/aromatic N) is 1. The molecule has 4 rings (SSSR count). The number of amides is 1. The van der Waals surface area contributed by atoms with Crippen molar-refractivity contribution in [3.63, 3.8) is 0 Å². The number of hydrogen-bond acceptors (Lipinski definition) is 8. The van der Waals surface area contributed by atoms with Crippen molar-refractivity contribution in [1.82, 2.24) is 4.90 Å². The molecule has 10 nitrogen and oxygen atoms in total. The molecule has 4 atom stereocenters. The Hall–Kier alpha value is -3.37. The topological polar surface area (TPSA) is 187 Å². The van der Waals surface area contributed by atoms with Crippen molar-refractivity contribution in [2.75, 3.05) is 14.1 Å². The van der Waals surface area contributed by atoms with Crippen molar-refractivity contribution < 1.29 is 39.9 Å². The van der Waals surface area contributed by atoms with Crippen LogP contribution >= 0.6 is 0 Å². The highest BCUT2D eigenvalue weighted by atomic mass is 16.3. The number of benzene rings is 1. The first kappa shape index (κ1) is 20.9. The second-order valence-electron chi connectivity index (χ2n) is 8.36. The highest BCUT2D eigenvalue weighted by Gasteiger charge is 2.60. The monoisotopic (exact) mass is 427 g/mol. The molecular weight excluding hydrogens is 408 g/mol. The third kappa shape index (κ3) is 2.55. The summed E-state index contributed by atoms with van der Waals surface area (Å²) in [5.74, 6) is -8.97. The smallest absolute Gasteiger partial charge is 0.251 e. The standard InChI is InChI=1S/C21H21N2O8/c1-23(2)15-9-6-7-5-8-10(24)3-4-11(25)13(8)16(26)12(7)18(28)21(9,31)19(29)14(17(15)27)20(22)30/h3-4,7,9,15,25-26,29,31H,5-6H2,1-2H3,(H2,22,30)/p-2/t7-,9-,15-,21-/m0/s1. The zero-order chi connectivity index (χ0) is 23.0. The summed E-state index contributed by atoms with van der Waals surface area (Å²) in [6, 6.07) is 0.928. The summed E-state index contributed by atoms with van der Waals surface area (Å²) in [6.07, 6.45) is -0.207. The van der Waals surface area contributed by atoms with E-state index in [-0.39, 0.29) is 24.0 Å². The van der Waals surface area contributed by atoms with Gasteiger partial charge in [-0.1, -0.05) is 11.5 Å². The molecule has 1 aromatic rings. The largest absolute Gasteiger partial charge is 0.873 e. The lowest BCUT2D eigenvalue weighted by Crippen LogP contribution is -2.67. The van der Waals surface area contributed by atoms with Crippen LogP contribution in [0.5, 0.6) is 11.5 Å². The Morgan fingerprint density at radius 1 is 1.26 bits per heavy atom. The average Bonchev–Trinajstić information content (AvgIpc) is 2.67. The molecule has 0 heterocycles. The predicted molar refractivity (Wildman–Crippen MR) is 99.1 cm³/mol. The van der Waals surface area contributed by atoms with Crippen LogP contribution in [-0.4, -0.2) is 58.3 Å². The maximum absolute atomic E-state index is 13.4. The second kappa shape index (κ2) is 6.56. The molecule has 0 unspecified atom stereocenters. The number of primary amides is 1. The van der Waals surface area contributed by atoms with Crippen LogP contribution in [0.15, 0.2) is 29.0 Å². The van der Waals surface area contributed by atoms with Gasteiger partial charge in [-0.2, -0.15) is 0 Å². The first-order chi connectivity index (χ1) is 14.4. The summed E-state index contributed by atoms with van der Waals surface area (Å²) in [4.78, 5) is 39.5. The molecular formula is C21H19N2O8-2. The van der Waals surface area contributed by atoms with Crippen LogP contribution in [0, 0.1) is 11.8 Å². The molecule has 3 aliphatic rings. The third-order valence-corrected chi connectivity index (χ3v) is 6.52. The van der Waals surface area contributed by atoms with Gasteiger partial charge in [0, 0.05) is 17.0 Å². The number of ketones is 2. The second-order valence-corrected chi connectivity index (χ2v) is 8.36. The SMILES string of the molecule is CN(C)[C@@H]1C(=O)C(C(N)=O)=C([O-])[C@@]2(O)C(=O)C3=C([O-])c4c(O)ccc([O])c4C[C@H]3C[C@@H]12. The Kier molecular flexibility index (Phi) is 4.42. The van der Waals surface area contributed by atoms with Gasteiger partial charge in [0.05, 0.1) is 11.6 Å². The van der Waals surface area contributed by atoms with Gasteiger partial charge in [0.25, 0.3) is 5.91 Å². The molecule has 1 amide bonds. The number of nitrogens with two attached hydrogens (primary N) is 1. The first-order valence-corrected chi connectivity index (χ1v) is 9.55. The van der Waals surface area contributed by atoms with Crippen LogP contribution in [0.1, 0.15) is 17.5 Å². The number of aliphatic hydroxyl groups is 1. The lowest BCUT2D eigenvalue weighted by molar-refractivity contribution is -0.338. The van der Waals surface area contributed by atoms with Gasteiger partial charge in [-0.25, -0.2) is 0 Å². The number of likely N-dealkylation sites (N-methyl/N-ethyl adjacent to an activating group) is 1. The van der Waals surface area contributed by atoms with Crippen LogP contribution < -0.4 is 15.9 Å². The normalized spacial score (nSPS) is 30.3. The molecule has 0 bridgehead atoms. The van der Waals surface area contributed by atoms with E-state index in [1.807, 2.05) is 0 Å². The van der Waals surface area contributed by atoms with E-state index in [1.54, 1.807) is 0 Å². The van der Waals surface area contributed by atoms with Gasteiger partial charge < -0.3 is 26.2 Å². The Bertz CT molecular complexity index is 1120. The van der Waals surface area contributed by atoms with Crippen molar-refractivity contribution in [2.24, 2.45) is 17.6 Å². The molecule has 1 radical (unpaired) electrons. The molecule has 1 aromatic carbocycles. The van der Waals surface area contributed by atoms with E-state index in [4.69, 9.17) is 5.73 Å². The number of Topliss-reactive ketones (excluding diaryl/α,β-unsaturated/α-hetero) is 2. The van der Waals surface area contributed by atoms with Crippen molar-refractivity contribution in [3.8, 4) is 11.5 Å². The minimum absolute atomic E-state index is 0.0382. The number of phenolic OH excluding ortho intramolecular Hbond substituents is 1. The number of hydrogen-bond donors (Lipinski definition) is 3. The fourth-order valence-electron chi connectivity index (χ4n) is 5.17. The van der Waals surface area contributed by atoms with E-state index in [0.29, 0.717) is 0 Å². The van der Waals surface area contributed by atoms with Gasteiger partial charge >= 0.3 is 0 Å². The number of fused-ring (bicyclic) bond motifs is 3. The van der Waals surface area contributed by atoms with E-state index < -0.39 is 75.1 Å². The van der Waals surface area contributed by atoms with Crippen molar-refractivity contribution in [3.05, 3.63) is 40.2 Å². The van der Waals surface area contributed by atoms with Gasteiger partial charge in [0.1, 0.15) is 11.4 Å². The zero-order valence-electron chi connectivity index (χ0n) is 16.7. The first-order valence-electron chi connectivity index (χ1n) is 9.55. The summed E-state index contributed by atoms with van der Waals surface area (Å²) >= 11 is 0. The zero-order valence-corrected chi connectivity index (χ0v) is 16.7. The van der Waals surface area contributed by atoms with Gasteiger partial charge in [-0.3, -0.25) is 24.4 Å². The molecule has 0 saturated heterocycles. The Morgan fingerprint density at radius 2 is 1.90 bits per heavy atom. The third-order valence-electron chi connectivity index (χ3n) is 6.52. The van der Waals surface area contributed by atoms with Crippen LogP contribution in [-0.2, 0) is 25.9 Å². The van der Waals surface area contributed by atoms with Gasteiger partial charge in [-0.15, -0.1) is 0 Å². The lowest BCUT2D eigenvalue weighted by atomic mass is 9.57. The highest BCUT2D eigenvalue weighted by molar-refractivity contribution is 6.24. The molecule has 4 N–H and O–H groups in total. The van der Waals surface area contributed by atoms with Crippen LogP contribution in [0.2, 0.25) is 0 Å². The summed E-state index contributed by atoms with van der Waals surface area (Å²) in [5.41, 5.74) is 0.625. The van der Waals surface area contributed by atoms with E-state index in [1.165, 1.54) is 19.0 Å². The van der Waals surface area contributed by atoms with Crippen molar-refractivity contribution in [2.45, 2.75) is 24.5 Å². The highest BCUT2D eigenvalue weighted by Crippen LogP contribution is 2.52.